The molecule has 0 aliphatic carbocycles. The summed E-state index contributed by atoms with van der Waals surface area (Å²) in [5, 5.41) is 0. The average molecular weight is 383 g/mol. The van der Waals surface area contributed by atoms with Crippen LogP contribution in [0.3, 0.4) is 0 Å². The molecule has 5 heteroatoms. The number of methoxy groups -OCH3 is 1. The lowest BCUT2D eigenvalue weighted by atomic mass is 10.0. The third-order valence-electron chi connectivity index (χ3n) is 4.93. The number of benzene rings is 2. The molecule has 0 aromatic heterocycles. The van der Waals surface area contributed by atoms with E-state index < -0.39 is 0 Å². The van der Waals surface area contributed by atoms with Crippen molar-refractivity contribution in [2.45, 2.75) is 32.2 Å². The molecule has 1 aliphatic rings. The van der Waals surface area contributed by atoms with Gasteiger partial charge >= 0.3 is 0 Å². The molecule has 3 rings (SSSR count). The number of carbonyl (C=O) groups excluding carboxylic acids is 1. The molecule has 0 saturated carbocycles. The highest BCUT2D eigenvalue weighted by atomic mass is 19.1. The summed E-state index contributed by atoms with van der Waals surface area (Å²) in [4.78, 5) is 14.6. The summed E-state index contributed by atoms with van der Waals surface area (Å²) in [5.41, 5.74) is 1.80. The molecular weight excluding hydrogens is 357 g/mol. The van der Waals surface area contributed by atoms with Crippen molar-refractivity contribution in [1.29, 1.82) is 0 Å². The van der Waals surface area contributed by atoms with Crippen LogP contribution in [0.5, 0.6) is 11.5 Å². The molecule has 0 spiro atoms. The van der Waals surface area contributed by atoms with Gasteiger partial charge in [-0.3, -0.25) is 4.79 Å². The van der Waals surface area contributed by atoms with Crippen molar-refractivity contribution < 1.29 is 18.7 Å². The van der Waals surface area contributed by atoms with Gasteiger partial charge in [0.15, 0.2) is 11.5 Å². The molecule has 1 unspecified atom stereocenters. The van der Waals surface area contributed by atoms with Crippen LogP contribution in [0, 0.1) is 5.82 Å². The zero-order valence-corrected chi connectivity index (χ0v) is 16.4. The van der Waals surface area contributed by atoms with Crippen molar-refractivity contribution in [2.75, 3.05) is 20.3 Å². The third kappa shape index (κ3) is 4.91. The van der Waals surface area contributed by atoms with E-state index in [1.165, 1.54) is 6.07 Å². The van der Waals surface area contributed by atoms with Gasteiger partial charge in [-0.2, -0.15) is 0 Å². The quantitative estimate of drug-likeness (QED) is 0.662. The van der Waals surface area contributed by atoms with Gasteiger partial charge in [-0.1, -0.05) is 18.2 Å². The van der Waals surface area contributed by atoms with Gasteiger partial charge < -0.3 is 14.4 Å². The Kier molecular flexibility index (Phi) is 6.69. The van der Waals surface area contributed by atoms with E-state index in [2.05, 4.69) is 0 Å². The van der Waals surface area contributed by atoms with E-state index in [1.54, 1.807) is 31.4 Å². The predicted molar refractivity (Wildman–Crippen MR) is 108 cm³/mol. The highest BCUT2D eigenvalue weighted by Crippen LogP contribution is 2.29. The van der Waals surface area contributed by atoms with Gasteiger partial charge in [0.25, 0.3) is 0 Å². The summed E-state index contributed by atoms with van der Waals surface area (Å²) in [5.74, 6) is 1.07. The lowest BCUT2D eigenvalue weighted by Crippen LogP contribution is -2.35. The first-order valence-corrected chi connectivity index (χ1v) is 9.64. The van der Waals surface area contributed by atoms with Crippen molar-refractivity contribution in [3.63, 3.8) is 0 Å². The summed E-state index contributed by atoms with van der Waals surface area (Å²) in [6, 6.07) is 12.3. The molecule has 0 N–H and O–H groups in total. The first kappa shape index (κ1) is 19.9. The number of halogens is 1. The number of carbonyl (C=O) groups is 1. The second-order valence-electron chi connectivity index (χ2n) is 6.84. The summed E-state index contributed by atoms with van der Waals surface area (Å²) in [7, 11) is 1.60. The minimum atomic E-state index is -0.238. The van der Waals surface area contributed by atoms with Gasteiger partial charge in [0.05, 0.1) is 13.7 Å². The molecule has 1 saturated heterocycles. The number of hydrogen-bond acceptors (Lipinski definition) is 3. The van der Waals surface area contributed by atoms with Crippen LogP contribution in [0.25, 0.3) is 6.08 Å². The second-order valence-corrected chi connectivity index (χ2v) is 6.84. The molecule has 1 aliphatic heterocycles. The molecule has 0 bridgehead atoms. The summed E-state index contributed by atoms with van der Waals surface area (Å²) in [6.07, 6.45) is 5.97. The highest BCUT2D eigenvalue weighted by molar-refractivity contribution is 5.92. The Hall–Kier alpha value is -2.82. The van der Waals surface area contributed by atoms with Crippen LogP contribution in [0.1, 0.15) is 30.9 Å². The molecule has 1 amide bonds. The van der Waals surface area contributed by atoms with Crippen LogP contribution in [0.4, 0.5) is 4.39 Å². The SMILES string of the molecule is CCOc1cc(/C=C/C(=O)N2CCCC2Cc2cccc(F)c2)ccc1OC. The van der Waals surface area contributed by atoms with E-state index in [9.17, 15) is 9.18 Å². The van der Waals surface area contributed by atoms with E-state index in [0.29, 0.717) is 24.5 Å². The molecule has 2 aromatic carbocycles. The van der Waals surface area contributed by atoms with Crippen molar-refractivity contribution in [1.82, 2.24) is 4.90 Å². The number of likely N-dealkylation sites (tertiary alicyclic amines) is 1. The topological polar surface area (TPSA) is 38.8 Å². The molecule has 148 valence electrons. The van der Waals surface area contributed by atoms with E-state index in [1.807, 2.05) is 36.1 Å². The van der Waals surface area contributed by atoms with Gasteiger partial charge in [0, 0.05) is 18.7 Å². The molecule has 0 radical (unpaired) electrons. The van der Waals surface area contributed by atoms with Crippen LogP contribution in [0.15, 0.2) is 48.5 Å². The Labute approximate surface area is 165 Å². The maximum atomic E-state index is 13.4. The number of ether oxygens (including phenoxy) is 2. The fraction of sp³-hybridized carbons (Fsp3) is 0.348. The Bertz CT molecular complexity index is 849. The maximum Gasteiger partial charge on any atom is 0.246 e. The first-order valence-electron chi connectivity index (χ1n) is 9.64. The number of rotatable bonds is 7. The summed E-state index contributed by atoms with van der Waals surface area (Å²) < 4.78 is 24.3. The third-order valence-corrected chi connectivity index (χ3v) is 4.93. The molecule has 1 fully saturated rings. The Morgan fingerprint density at radius 2 is 2.11 bits per heavy atom. The van der Waals surface area contributed by atoms with Gasteiger partial charge in [-0.05, 0) is 67.7 Å². The fourth-order valence-electron chi connectivity index (χ4n) is 3.60. The van der Waals surface area contributed by atoms with Crippen molar-refractivity contribution >= 4 is 12.0 Å². The van der Waals surface area contributed by atoms with Crippen LogP contribution < -0.4 is 9.47 Å². The van der Waals surface area contributed by atoms with Gasteiger partial charge in [0.2, 0.25) is 5.91 Å². The Morgan fingerprint density at radius 3 is 2.86 bits per heavy atom. The van der Waals surface area contributed by atoms with E-state index in [0.717, 1.165) is 30.5 Å². The number of nitrogens with zero attached hydrogens (tertiary/aromatic N) is 1. The van der Waals surface area contributed by atoms with Gasteiger partial charge in [-0.15, -0.1) is 0 Å². The smallest absolute Gasteiger partial charge is 0.246 e. The van der Waals surface area contributed by atoms with Crippen LogP contribution in [-0.4, -0.2) is 37.1 Å². The lowest BCUT2D eigenvalue weighted by Gasteiger charge is -2.23. The van der Waals surface area contributed by atoms with Crippen LogP contribution in [0.2, 0.25) is 0 Å². The molecule has 2 aromatic rings. The van der Waals surface area contributed by atoms with Crippen molar-refractivity contribution in [2.24, 2.45) is 0 Å². The standard InChI is InChI=1S/C23H26FNO3/c1-3-28-22-16-17(9-11-21(22)27-2)10-12-23(26)25-13-5-8-20(25)15-18-6-4-7-19(24)14-18/h4,6-7,9-12,14,16,20H,3,5,8,13,15H2,1-2H3/b12-10+. The van der Waals surface area contributed by atoms with Crippen molar-refractivity contribution in [3.05, 3.63) is 65.5 Å². The highest BCUT2D eigenvalue weighted by Gasteiger charge is 2.27. The molecular formula is C23H26FNO3. The molecule has 1 heterocycles. The molecule has 28 heavy (non-hydrogen) atoms. The zero-order chi connectivity index (χ0) is 19.9. The van der Waals surface area contributed by atoms with Crippen LogP contribution >= 0.6 is 0 Å². The average Bonchev–Trinajstić information content (AvgIpc) is 3.15. The van der Waals surface area contributed by atoms with Crippen LogP contribution in [-0.2, 0) is 11.2 Å². The molecule has 4 nitrogen and oxygen atoms in total. The molecule has 1 atom stereocenters. The largest absolute Gasteiger partial charge is 0.493 e. The Morgan fingerprint density at radius 1 is 1.25 bits per heavy atom. The number of hydrogen-bond donors (Lipinski definition) is 0. The zero-order valence-electron chi connectivity index (χ0n) is 16.4. The first-order chi connectivity index (χ1) is 13.6. The van der Waals surface area contributed by atoms with Gasteiger partial charge in [-0.25, -0.2) is 4.39 Å². The number of amides is 1. The summed E-state index contributed by atoms with van der Waals surface area (Å²) >= 11 is 0. The van der Waals surface area contributed by atoms with E-state index >= 15 is 0 Å². The second kappa shape index (κ2) is 9.40. The monoisotopic (exact) mass is 383 g/mol. The minimum Gasteiger partial charge on any atom is -0.493 e. The fourth-order valence-corrected chi connectivity index (χ4v) is 3.60. The van der Waals surface area contributed by atoms with E-state index in [-0.39, 0.29) is 17.8 Å². The van der Waals surface area contributed by atoms with Gasteiger partial charge in [0.1, 0.15) is 5.82 Å². The Balaban J connectivity index is 1.68. The minimum absolute atomic E-state index is 0.0207. The maximum absolute atomic E-state index is 13.4. The van der Waals surface area contributed by atoms with Crippen molar-refractivity contribution in [3.8, 4) is 11.5 Å². The normalized spacial score (nSPS) is 16.5. The predicted octanol–water partition coefficient (Wildman–Crippen LogP) is 4.48. The summed E-state index contributed by atoms with van der Waals surface area (Å²) in [6.45, 7) is 3.19. The van der Waals surface area contributed by atoms with E-state index in [4.69, 9.17) is 9.47 Å². The lowest BCUT2D eigenvalue weighted by molar-refractivity contribution is -0.126.